The van der Waals surface area contributed by atoms with E-state index in [1.54, 1.807) is 31.2 Å². The highest BCUT2D eigenvalue weighted by Gasteiger charge is 2.20. The number of aliphatic carboxylic acids is 1. The Morgan fingerprint density at radius 2 is 2.05 bits per heavy atom. The third kappa shape index (κ3) is 3.95. The van der Waals surface area contributed by atoms with Gasteiger partial charge < -0.3 is 10.4 Å². The number of hydrogen-bond acceptors (Lipinski definition) is 2. The van der Waals surface area contributed by atoms with Crippen LogP contribution in [0.3, 0.4) is 0 Å². The number of hydrogen-bond donors (Lipinski definition) is 2. The van der Waals surface area contributed by atoms with Crippen molar-refractivity contribution in [2.24, 2.45) is 0 Å². The number of nitrogens with one attached hydrogen (secondary N) is 1. The van der Waals surface area contributed by atoms with Gasteiger partial charge in [-0.25, -0.2) is 9.18 Å². The Morgan fingerprint density at radius 1 is 1.33 bits per heavy atom. The Kier molecular flexibility index (Phi) is 4.85. The predicted octanol–water partition coefficient (Wildman–Crippen LogP) is 4.79. The zero-order chi connectivity index (χ0) is 15.6. The maximum atomic E-state index is 13.4. The van der Waals surface area contributed by atoms with Crippen molar-refractivity contribution >= 4 is 39.2 Å². The van der Waals surface area contributed by atoms with E-state index in [0.29, 0.717) is 26.3 Å². The molecule has 0 heterocycles. The van der Waals surface area contributed by atoms with Crippen molar-refractivity contribution in [3.63, 3.8) is 0 Å². The fourth-order valence-electron chi connectivity index (χ4n) is 1.97. The van der Waals surface area contributed by atoms with E-state index in [4.69, 9.17) is 11.6 Å². The van der Waals surface area contributed by atoms with Crippen molar-refractivity contribution in [2.75, 3.05) is 5.32 Å². The van der Waals surface area contributed by atoms with Gasteiger partial charge in [-0.2, -0.15) is 0 Å². The molecule has 0 saturated heterocycles. The first-order valence-corrected chi connectivity index (χ1v) is 7.25. The number of anilines is 1. The van der Waals surface area contributed by atoms with Crippen LogP contribution in [0.15, 0.2) is 40.9 Å². The monoisotopic (exact) mass is 371 g/mol. The van der Waals surface area contributed by atoms with E-state index in [1.165, 1.54) is 12.1 Å². The number of carbonyl (C=O) groups is 1. The maximum absolute atomic E-state index is 13.4. The van der Waals surface area contributed by atoms with E-state index in [0.717, 1.165) is 0 Å². The quantitative estimate of drug-likeness (QED) is 0.811. The van der Waals surface area contributed by atoms with Crippen LogP contribution in [0.4, 0.5) is 10.1 Å². The number of benzene rings is 2. The van der Waals surface area contributed by atoms with Gasteiger partial charge in [0.2, 0.25) is 0 Å². The van der Waals surface area contributed by atoms with Crippen LogP contribution in [0.1, 0.15) is 17.2 Å². The summed E-state index contributed by atoms with van der Waals surface area (Å²) in [4.78, 5) is 11.5. The average Bonchev–Trinajstić information content (AvgIpc) is 2.38. The van der Waals surface area contributed by atoms with E-state index in [-0.39, 0.29) is 0 Å². The molecule has 6 heteroatoms. The molecule has 1 atom stereocenters. The summed E-state index contributed by atoms with van der Waals surface area (Å²) < 4.78 is 14.0. The van der Waals surface area contributed by atoms with Gasteiger partial charge in [-0.3, -0.25) is 0 Å². The van der Waals surface area contributed by atoms with Gasteiger partial charge in [0.25, 0.3) is 0 Å². The summed E-state index contributed by atoms with van der Waals surface area (Å²) in [5, 5.41) is 12.7. The molecular formula is C15H12BrClFNO2. The summed E-state index contributed by atoms with van der Waals surface area (Å²) in [5.41, 5.74) is 1.63. The normalized spacial score (nSPS) is 12.0. The van der Waals surface area contributed by atoms with E-state index in [1.807, 2.05) is 0 Å². The number of aryl methyl sites for hydroxylation is 1. The molecule has 0 bridgehead atoms. The first kappa shape index (κ1) is 15.8. The van der Waals surface area contributed by atoms with Gasteiger partial charge in [0.15, 0.2) is 6.04 Å². The zero-order valence-corrected chi connectivity index (χ0v) is 13.4. The summed E-state index contributed by atoms with van der Waals surface area (Å²) in [6.45, 7) is 1.74. The van der Waals surface area contributed by atoms with Gasteiger partial charge >= 0.3 is 5.97 Å². The fourth-order valence-corrected chi connectivity index (χ4v) is 2.48. The molecule has 2 rings (SSSR count). The summed E-state index contributed by atoms with van der Waals surface area (Å²) in [7, 11) is 0. The second kappa shape index (κ2) is 6.45. The first-order chi connectivity index (χ1) is 9.86. The third-order valence-corrected chi connectivity index (χ3v) is 4.09. The first-order valence-electron chi connectivity index (χ1n) is 6.08. The van der Waals surface area contributed by atoms with Crippen LogP contribution in [-0.2, 0) is 4.79 Å². The third-order valence-electron chi connectivity index (χ3n) is 2.88. The van der Waals surface area contributed by atoms with E-state index in [2.05, 4.69) is 21.2 Å². The van der Waals surface area contributed by atoms with E-state index >= 15 is 0 Å². The molecule has 21 heavy (non-hydrogen) atoms. The zero-order valence-electron chi connectivity index (χ0n) is 11.0. The Morgan fingerprint density at radius 3 is 2.62 bits per heavy atom. The van der Waals surface area contributed by atoms with Crippen LogP contribution in [-0.4, -0.2) is 11.1 Å². The molecule has 0 spiro atoms. The molecule has 2 aromatic carbocycles. The molecule has 3 nitrogen and oxygen atoms in total. The second-order valence-corrected chi connectivity index (χ2v) is 5.87. The summed E-state index contributed by atoms with van der Waals surface area (Å²) >= 11 is 9.16. The minimum atomic E-state index is -1.06. The van der Waals surface area contributed by atoms with Crippen LogP contribution >= 0.6 is 27.5 Å². The molecule has 0 aliphatic carbocycles. The van der Waals surface area contributed by atoms with Gasteiger partial charge in [-0.05, 0) is 64.3 Å². The number of halogens is 3. The topological polar surface area (TPSA) is 49.3 Å². The van der Waals surface area contributed by atoms with Crippen molar-refractivity contribution in [3.05, 3.63) is 62.8 Å². The SMILES string of the molecule is Cc1cc(F)cc(NC(C(=O)O)c2ccc(Cl)c(Br)c2)c1. The molecular weight excluding hydrogens is 361 g/mol. The van der Waals surface area contributed by atoms with Crippen LogP contribution in [0, 0.1) is 12.7 Å². The number of rotatable bonds is 4. The summed E-state index contributed by atoms with van der Waals surface area (Å²) in [6, 6.07) is 8.16. The molecule has 0 aliphatic heterocycles. The molecule has 2 N–H and O–H groups in total. The average molecular weight is 373 g/mol. The summed E-state index contributed by atoms with van der Waals surface area (Å²) in [5.74, 6) is -1.48. The lowest BCUT2D eigenvalue weighted by molar-refractivity contribution is -0.138. The summed E-state index contributed by atoms with van der Waals surface area (Å²) in [6.07, 6.45) is 0. The van der Waals surface area contributed by atoms with Gasteiger partial charge in [-0.15, -0.1) is 0 Å². The van der Waals surface area contributed by atoms with Crippen LogP contribution in [0.5, 0.6) is 0 Å². The lowest BCUT2D eigenvalue weighted by Gasteiger charge is -2.17. The van der Waals surface area contributed by atoms with Crippen molar-refractivity contribution in [2.45, 2.75) is 13.0 Å². The molecule has 0 radical (unpaired) electrons. The molecule has 1 unspecified atom stereocenters. The van der Waals surface area contributed by atoms with Crippen molar-refractivity contribution in [3.8, 4) is 0 Å². The smallest absolute Gasteiger partial charge is 0.330 e. The Balaban J connectivity index is 2.35. The van der Waals surface area contributed by atoms with Crippen molar-refractivity contribution < 1.29 is 14.3 Å². The lowest BCUT2D eigenvalue weighted by atomic mass is 10.1. The molecule has 0 saturated carbocycles. The minimum Gasteiger partial charge on any atom is -0.479 e. The molecule has 0 aromatic heterocycles. The van der Waals surface area contributed by atoms with Crippen LogP contribution in [0.2, 0.25) is 5.02 Å². The molecule has 0 amide bonds. The Labute approximate surface area is 134 Å². The fraction of sp³-hybridized carbons (Fsp3) is 0.133. The van der Waals surface area contributed by atoms with Gasteiger partial charge in [0, 0.05) is 10.2 Å². The van der Waals surface area contributed by atoms with Crippen molar-refractivity contribution in [1.29, 1.82) is 0 Å². The Bertz CT molecular complexity index is 673. The highest BCUT2D eigenvalue weighted by molar-refractivity contribution is 9.10. The van der Waals surface area contributed by atoms with Crippen LogP contribution < -0.4 is 5.32 Å². The molecule has 0 aliphatic rings. The number of carboxylic acid groups (broad SMARTS) is 1. The predicted molar refractivity (Wildman–Crippen MR) is 84.3 cm³/mol. The maximum Gasteiger partial charge on any atom is 0.330 e. The highest BCUT2D eigenvalue weighted by Crippen LogP contribution is 2.28. The van der Waals surface area contributed by atoms with Crippen molar-refractivity contribution in [1.82, 2.24) is 0 Å². The standard InChI is InChI=1S/C15H12BrClFNO2/c1-8-4-10(18)7-11(5-8)19-14(15(20)21)9-2-3-13(17)12(16)6-9/h2-7,14,19H,1H3,(H,20,21). The second-order valence-electron chi connectivity index (χ2n) is 4.61. The van der Waals surface area contributed by atoms with E-state index < -0.39 is 17.8 Å². The van der Waals surface area contributed by atoms with E-state index in [9.17, 15) is 14.3 Å². The van der Waals surface area contributed by atoms with Crippen LogP contribution in [0.25, 0.3) is 0 Å². The number of carboxylic acids is 1. The minimum absolute atomic E-state index is 0.408. The van der Waals surface area contributed by atoms with Gasteiger partial charge in [0.05, 0.1) is 5.02 Å². The Hall–Kier alpha value is -1.59. The lowest BCUT2D eigenvalue weighted by Crippen LogP contribution is -2.20. The van der Waals surface area contributed by atoms with Gasteiger partial charge in [-0.1, -0.05) is 17.7 Å². The largest absolute Gasteiger partial charge is 0.479 e. The highest BCUT2D eigenvalue weighted by atomic mass is 79.9. The molecule has 0 fully saturated rings. The van der Waals surface area contributed by atoms with Gasteiger partial charge in [0.1, 0.15) is 5.82 Å². The molecule has 110 valence electrons. The molecule has 2 aromatic rings.